The lowest BCUT2D eigenvalue weighted by molar-refractivity contribution is 0.874. The van der Waals surface area contributed by atoms with Crippen LogP contribution < -0.4 is 10.2 Å². The third-order valence-corrected chi connectivity index (χ3v) is 2.54. The smallest absolute Gasteiger partial charge is 0.145 e. The zero-order valence-electron chi connectivity index (χ0n) is 6.99. The first-order valence-corrected chi connectivity index (χ1v) is 4.65. The van der Waals surface area contributed by atoms with Crippen molar-refractivity contribution < 1.29 is 0 Å². The maximum absolute atomic E-state index is 4.43. The van der Waals surface area contributed by atoms with E-state index in [0.29, 0.717) is 0 Å². The lowest BCUT2D eigenvalue weighted by Gasteiger charge is -2.20. The molecule has 1 N–H and O–H groups in total. The van der Waals surface area contributed by atoms with E-state index < -0.39 is 0 Å². The molecule has 1 aliphatic rings. The summed E-state index contributed by atoms with van der Waals surface area (Å²) in [7, 11) is 0. The highest BCUT2D eigenvalue weighted by atomic mass is 32.1. The highest BCUT2D eigenvalue weighted by molar-refractivity contribution is 7.81. The minimum absolute atomic E-state index is 0.132. The highest BCUT2D eigenvalue weighted by Crippen LogP contribution is 2.34. The summed E-state index contributed by atoms with van der Waals surface area (Å²) >= 11 is 4.43. The van der Waals surface area contributed by atoms with Gasteiger partial charge in [0.25, 0.3) is 0 Å². The zero-order chi connectivity index (χ0) is 8.55. The van der Waals surface area contributed by atoms with Gasteiger partial charge in [0.05, 0.1) is 11.4 Å². The van der Waals surface area contributed by atoms with Crippen LogP contribution in [0.25, 0.3) is 0 Å². The average Bonchev–Trinajstić information content (AvgIpc) is 2.40. The summed E-state index contributed by atoms with van der Waals surface area (Å²) in [5, 5.41) is 3.29. The van der Waals surface area contributed by atoms with E-state index in [4.69, 9.17) is 0 Å². The van der Waals surface area contributed by atoms with E-state index >= 15 is 0 Å². The molecule has 64 valence electrons. The lowest BCUT2D eigenvalue weighted by Crippen LogP contribution is -2.30. The average molecular weight is 180 g/mol. The molecule has 0 radical (unpaired) electrons. The van der Waals surface area contributed by atoms with Crippen LogP contribution in [0.5, 0.6) is 0 Å². The lowest BCUT2D eigenvalue weighted by atomic mass is 10.3. The summed E-state index contributed by atoms with van der Waals surface area (Å²) in [6.07, 6.45) is 0. The van der Waals surface area contributed by atoms with Gasteiger partial charge in [0, 0.05) is 6.54 Å². The topological polar surface area (TPSA) is 15.3 Å². The normalized spacial score (nSPS) is 20.5. The van der Waals surface area contributed by atoms with E-state index in [0.717, 1.165) is 6.54 Å². The number of para-hydroxylation sites is 2. The zero-order valence-corrected chi connectivity index (χ0v) is 7.88. The Morgan fingerprint density at radius 3 is 3.00 bits per heavy atom. The van der Waals surface area contributed by atoms with Gasteiger partial charge in [0.2, 0.25) is 0 Å². The van der Waals surface area contributed by atoms with Gasteiger partial charge in [-0.25, -0.2) is 0 Å². The second kappa shape index (κ2) is 2.90. The molecule has 0 aliphatic carbocycles. The van der Waals surface area contributed by atoms with E-state index in [1.807, 2.05) is 6.07 Å². The van der Waals surface area contributed by atoms with E-state index in [1.165, 1.54) is 11.4 Å². The fourth-order valence-electron chi connectivity index (χ4n) is 1.54. The predicted molar refractivity (Wildman–Crippen MR) is 55.9 cm³/mol. The standard InChI is InChI=1S/C9H12N2S/c1-2-11-8-6-4-3-5-7(8)10-9(11)12/h3-6,9-10,12H,2H2,1H3. The van der Waals surface area contributed by atoms with Gasteiger partial charge >= 0.3 is 0 Å². The first-order valence-electron chi connectivity index (χ1n) is 4.13. The number of rotatable bonds is 1. The molecule has 0 fully saturated rings. The van der Waals surface area contributed by atoms with Gasteiger partial charge in [-0.1, -0.05) is 12.1 Å². The molecule has 1 aromatic rings. The van der Waals surface area contributed by atoms with Crippen LogP contribution in [0.1, 0.15) is 6.92 Å². The first-order chi connectivity index (χ1) is 5.83. The Hall–Kier alpha value is -0.830. The fourth-order valence-corrected chi connectivity index (χ4v) is 1.96. The van der Waals surface area contributed by atoms with Crippen molar-refractivity contribution in [3.05, 3.63) is 24.3 Å². The second-order valence-electron chi connectivity index (χ2n) is 2.82. The van der Waals surface area contributed by atoms with E-state index in [1.54, 1.807) is 0 Å². The second-order valence-corrected chi connectivity index (χ2v) is 3.31. The Balaban J connectivity index is 2.40. The van der Waals surface area contributed by atoms with Crippen molar-refractivity contribution in [2.45, 2.75) is 12.4 Å². The first kappa shape index (κ1) is 7.80. The van der Waals surface area contributed by atoms with Crippen molar-refractivity contribution in [1.29, 1.82) is 0 Å². The van der Waals surface area contributed by atoms with Crippen molar-refractivity contribution in [3.63, 3.8) is 0 Å². The summed E-state index contributed by atoms with van der Waals surface area (Å²) in [6.45, 7) is 3.12. The minimum Gasteiger partial charge on any atom is -0.355 e. The molecule has 0 amide bonds. The molecule has 1 atom stereocenters. The molecule has 12 heavy (non-hydrogen) atoms. The van der Waals surface area contributed by atoms with Crippen molar-refractivity contribution in [2.24, 2.45) is 0 Å². The maximum atomic E-state index is 4.43. The SMILES string of the molecule is CCN1c2ccccc2NC1S. The summed E-state index contributed by atoms with van der Waals surface area (Å²) in [6, 6.07) is 8.27. The quantitative estimate of drug-likeness (QED) is 0.644. The van der Waals surface area contributed by atoms with Gasteiger partial charge < -0.3 is 10.2 Å². The molecule has 1 aromatic carbocycles. The summed E-state index contributed by atoms with van der Waals surface area (Å²) in [5.41, 5.74) is 2.56. The number of nitrogens with zero attached hydrogens (tertiary/aromatic N) is 1. The molecule has 0 saturated heterocycles. The van der Waals surface area contributed by atoms with Crippen molar-refractivity contribution in [1.82, 2.24) is 0 Å². The van der Waals surface area contributed by atoms with Crippen LogP contribution >= 0.6 is 12.6 Å². The third kappa shape index (κ3) is 1.05. The Labute approximate surface area is 78.0 Å². The Morgan fingerprint density at radius 2 is 2.25 bits per heavy atom. The van der Waals surface area contributed by atoms with Gasteiger partial charge in [0.15, 0.2) is 0 Å². The number of benzene rings is 1. The van der Waals surface area contributed by atoms with Crippen LogP contribution in [0.15, 0.2) is 24.3 Å². The van der Waals surface area contributed by atoms with Gasteiger partial charge in [-0.05, 0) is 19.1 Å². The molecular formula is C9H12N2S. The number of nitrogens with one attached hydrogen (secondary N) is 1. The molecule has 1 unspecified atom stereocenters. The van der Waals surface area contributed by atoms with E-state index in [2.05, 4.69) is 48.0 Å². The van der Waals surface area contributed by atoms with Crippen LogP contribution in [-0.2, 0) is 0 Å². The number of fused-ring (bicyclic) bond motifs is 1. The molecule has 0 spiro atoms. The molecule has 0 saturated carbocycles. The Bertz CT molecular complexity index is 288. The molecule has 1 heterocycles. The van der Waals surface area contributed by atoms with Crippen molar-refractivity contribution in [2.75, 3.05) is 16.8 Å². The number of hydrogen-bond acceptors (Lipinski definition) is 3. The van der Waals surface area contributed by atoms with Gasteiger partial charge in [-0.3, -0.25) is 0 Å². The molecule has 0 aromatic heterocycles. The van der Waals surface area contributed by atoms with Gasteiger partial charge in [-0.2, -0.15) is 0 Å². The molecule has 2 rings (SSSR count). The van der Waals surface area contributed by atoms with Gasteiger partial charge in [-0.15, -0.1) is 12.6 Å². The summed E-state index contributed by atoms with van der Waals surface area (Å²) < 4.78 is 0. The number of anilines is 2. The highest BCUT2D eigenvalue weighted by Gasteiger charge is 2.23. The maximum Gasteiger partial charge on any atom is 0.145 e. The molecular weight excluding hydrogens is 168 g/mol. The predicted octanol–water partition coefficient (Wildman–Crippen LogP) is 2.15. The van der Waals surface area contributed by atoms with Crippen molar-refractivity contribution >= 4 is 24.0 Å². The van der Waals surface area contributed by atoms with E-state index in [9.17, 15) is 0 Å². The third-order valence-electron chi connectivity index (χ3n) is 2.13. The number of hydrogen-bond donors (Lipinski definition) is 2. The van der Waals surface area contributed by atoms with Crippen LogP contribution in [-0.4, -0.2) is 12.0 Å². The Kier molecular flexibility index (Phi) is 1.89. The van der Waals surface area contributed by atoms with Crippen LogP contribution in [0, 0.1) is 0 Å². The number of thiol groups is 1. The van der Waals surface area contributed by atoms with Crippen LogP contribution in [0.2, 0.25) is 0 Å². The Morgan fingerprint density at radius 1 is 1.50 bits per heavy atom. The molecule has 0 bridgehead atoms. The summed E-state index contributed by atoms with van der Waals surface area (Å²) in [5.74, 6) is 0. The molecule has 3 heteroatoms. The fraction of sp³-hybridized carbons (Fsp3) is 0.333. The van der Waals surface area contributed by atoms with Crippen LogP contribution in [0.3, 0.4) is 0 Å². The van der Waals surface area contributed by atoms with Crippen LogP contribution in [0.4, 0.5) is 11.4 Å². The molecule has 1 aliphatic heterocycles. The largest absolute Gasteiger partial charge is 0.355 e. The van der Waals surface area contributed by atoms with Gasteiger partial charge in [0.1, 0.15) is 5.50 Å². The summed E-state index contributed by atoms with van der Waals surface area (Å²) in [4.78, 5) is 2.22. The van der Waals surface area contributed by atoms with Crippen molar-refractivity contribution in [3.8, 4) is 0 Å². The monoisotopic (exact) mass is 180 g/mol. The van der Waals surface area contributed by atoms with E-state index in [-0.39, 0.29) is 5.50 Å². The minimum atomic E-state index is 0.132. The molecule has 2 nitrogen and oxygen atoms in total.